The summed E-state index contributed by atoms with van der Waals surface area (Å²) >= 11 is 3.02. The van der Waals surface area contributed by atoms with Crippen LogP contribution in [0.5, 0.6) is 5.75 Å². The van der Waals surface area contributed by atoms with Gasteiger partial charge in [0.15, 0.2) is 5.16 Å². The van der Waals surface area contributed by atoms with E-state index in [1.807, 2.05) is 32.0 Å². The Balaban J connectivity index is 2.16. The molecule has 3 aromatic rings. The SMILES string of the molecule is COCCSc1nc2sc(C)c(-c3cc(C)ccc3OC)c2c(=O)[nH]1. The van der Waals surface area contributed by atoms with Gasteiger partial charge in [-0.15, -0.1) is 11.3 Å². The molecule has 1 aromatic carbocycles. The molecule has 0 spiro atoms. The van der Waals surface area contributed by atoms with Gasteiger partial charge in [0.05, 0.1) is 19.1 Å². The predicted molar refractivity (Wildman–Crippen MR) is 104 cm³/mol. The topological polar surface area (TPSA) is 64.2 Å². The predicted octanol–water partition coefficient (Wildman–Crippen LogP) is 4.02. The molecule has 0 aliphatic carbocycles. The summed E-state index contributed by atoms with van der Waals surface area (Å²) in [5, 5.41) is 1.25. The monoisotopic (exact) mass is 376 g/mol. The van der Waals surface area contributed by atoms with Crippen LogP contribution >= 0.6 is 23.1 Å². The number of hydrogen-bond acceptors (Lipinski definition) is 6. The second-order valence-electron chi connectivity index (χ2n) is 5.63. The number of H-pyrrole nitrogens is 1. The lowest BCUT2D eigenvalue weighted by molar-refractivity contribution is 0.218. The summed E-state index contributed by atoms with van der Waals surface area (Å²) in [5.41, 5.74) is 2.83. The Bertz CT molecular complexity index is 963. The Morgan fingerprint density at radius 3 is 2.80 bits per heavy atom. The maximum absolute atomic E-state index is 12.7. The zero-order valence-electron chi connectivity index (χ0n) is 14.6. The smallest absolute Gasteiger partial charge is 0.260 e. The first kappa shape index (κ1) is 18.0. The average molecular weight is 377 g/mol. The largest absolute Gasteiger partial charge is 0.496 e. The van der Waals surface area contributed by atoms with Crippen LogP contribution < -0.4 is 10.3 Å². The van der Waals surface area contributed by atoms with Gasteiger partial charge in [0.1, 0.15) is 10.6 Å². The highest BCUT2D eigenvalue weighted by molar-refractivity contribution is 7.99. The van der Waals surface area contributed by atoms with E-state index in [0.717, 1.165) is 37.9 Å². The Labute approximate surface area is 154 Å². The van der Waals surface area contributed by atoms with Crippen LogP contribution in [0.3, 0.4) is 0 Å². The number of benzene rings is 1. The van der Waals surface area contributed by atoms with E-state index in [-0.39, 0.29) is 5.56 Å². The highest BCUT2D eigenvalue weighted by Crippen LogP contribution is 2.40. The number of aryl methyl sites for hydroxylation is 2. The third-order valence-corrected chi connectivity index (χ3v) is 5.70. The van der Waals surface area contributed by atoms with Crippen molar-refractivity contribution in [1.29, 1.82) is 0 Å². The van der Waals surface area contributed by atoms with Gasteiger partial charge in [0.2, 0.25) is 0 Å². The molecule has 2 heterocycles. The summed E-state index contributed by atoms with van der Waals surface area (Å²) in [6.07, 6.45) is 0. The van der Waals surface area contributed by atoms with E-state index in [2.05, 4.69) is 9.97 Å². The van der Waals surface area contributed by atoms with Crippen LogP contribution in [0.25, 0.3) is 21.3 Å². The molecule has 0 saturated carbocycles. The molecule has 3 rings (SSSR count). The summed E-state index contributed by atoms with van der Waals surface area (Å²) in [6.45, 7) is 4.65. The molecule has 2 aromatic heterocycles. The summed E-state index contributed by atoms with van der Waals surface area (Å²) in [7, 11) is 3.30. The highest BCUT2D eigenvalue weighted by atomic mass is 32.2. The number of thioether (sulfide) groups is 1. The molecule has 0 aliphatic heterocycles. The van der Waals surface area contributed by atoms with Crippen LogP contribution in [0.4, 0.5) is 0 Å². The number of hydrogen-bond donors (Lipinski definition) is 1. The third-order valence-electron chi connectivity index (χ3n) is 3.87. The minimum Gasteiger partial charge on any atom is -0.496 e. The van der Waals surface area contributed by atoms with E-state index in [1.165, 1.54) is 23.1 Å². The zero-order valence-corrected chi connectivity index (χ0v) is 16.3. The molecule has 7 heteroatoms. The molecule has 25 heavy (non-hydrogen) atoms. The first-order valence-corrected chi connectivity index (χ1v) is 9.65. The van der Waals surface area contributed by atoms with E-state index in [4.69, 9.17) is 9.47 Å². The Hall–Kier alpha value is -1.83. The van der Waals surface area contributed by atoms with Crippen molar-refractivity contribution in [2.75, 3.05) is 26.6 Å². The fourth-order valence-corrected chi connectivity index (χ4v) is 4.59. The number of rotatable bonds is 6. The molecule has 132 valence electrons. The van der Waals surface area contributed by atoms with Gasteiger partial charge in [-0.2, -0.15) is 0 Å². The van der Waals surface area contributed by atoms with Gasteiger partial charge in [0, 0.05) is 28.9 Å². The van der Waals surface area contributed by atoms with E-state index in [0.29, 0.717) is 17.1 Å². The number of thiophene rings is 1. The first-order valence-electron chi connectivity index (χ1n) is 7.85. The second kappa shape index (κ2) is 7.59. The van der Waals surface area contributed by atoms with Crippen molar-refractivity contribution in [3.63, 3.8) is 0 Å². The third kappa shape index (κ3) is 3.58. The van der Waals surface area contributed by atoms with Crippen LogP contribution in [0.2, 0.25) is 0 Å². The van der Waals surface area contributed by atoms with E-state index >= 15 is 0 Å². The fourth-order valence-electron chi connectivity index (χ4n) is 2.73. The Kier molecular flexibility index (Phi) is 5.46. The lowest BCUT2D eigenvalue weighted by Gasteiger charge is -2.10. The van der Waals surface area contributed by atoms with Gasteiger partial charge in [0.25, 0.3) is 5.56 Å². The average Bonchev–Trinajstić information content (AvgIpc) is 2.91. The summed E-state index contributed by atoms with van der Waals surface area (Å²) < 4.78 is 10.6. The van der Waals surface area contributed by atoms with Gasteiger partial charge >= 0.3 is 0 Å². The zero-order chi connectivity index (χ0) is 18.0. The standard InChI is InChI=1S/C18H20N2O3S2/c1-10-5-6-13(23-4)12(9-10)14-11(2)25-17-15(14)16(21)19-18(20-17)24-8-7-22-3/h5-6,9H,7-8H2,1-4H3,(H,19,20,21). The quantitative estimate of drug-likeness (QED) is 0.400. The second-order valence-corrected chi connectivity index (χ2v) is 7.92. The Morgan fingerprint density at radius 1 is 1.28 bits per heavy atom. The van der Waals surface area contributed by atoms with Crippen LogP contribution in [0.15, 0.2) is 28.2 Å². The maximum Gasteiger partial charge on any atom is 0.260 e. The highest BCUT2D eigenvalue weighted by Gasteiger charge is 2.19. The van der Waals surface area contributed by atoms with Crippen LogP contribution in [0, 0.1) is 13.8 Å². The van der Waals surface area contributed by atoms with Crippen molar-refractivity contribution < 1.29 is 9.47 Å². The molecule has 0 saturated heterocycles. The normalized spacial score (nSPS) is 11.2. The van der Waals surface area contributed by atoms with Gasteiger partial charge in [-0.25, -0.2) is 4.98 Å². The number of fused-ring (bicyclic) bond motifs is 1. The number of methoxy groups -OCH3 is 2. The fraction of sp³-hybridized carbons (Fsp3) is 0.333. The van der Waals surface area contributed by atoms with E-state index < -0.39 is 0 Å². The molecule has 0 fully saturated rings. The van der Waals surface area contributed by atoms with Crippen molar-refractivity contribution in [3.8, 4) is 16.9 Å². The number of nitrogens with one attached hydrogen (secondary N) is 1. The molecule has 5 nitrogen and oxygen atoms in total. The summed E-state index contributed by atoms with van der Waals surface area (Å²) in [6, 6.07) is 5.98. The van der Waals surface area contributed by atoms with Gasteiger partial charge in [-0.3, -0.25) is 4.79 Å². The van der Waals surface area contributed by atoms with Gasteiger partial charge < -0.3 is 14.5 Å². The van der Waals surface area contributed by atoms with E-state index in [9.17, 15) is 4.79 Å². The molecule has 0 amide bonds. The Morgan fingerprint density at radius 2 is 2.08 bits per heavy atom. The maximum atomic E-state index is 12.7. The van der Waals surface area contributed by atoms with E-state index in [1.54, 1.807) is 14.2 Å². The summed E-state index contributed by atoms with van der Waals surface area (Å²) in [4.78, 5) is 22.1. The first-order chi connectivity index (χ1) is 12.0. The molecule has 0 bridgehead atoms. The van der Waals surface area contributed by atoms with Crippen molar-refractivity contribution >= 4 is 33.3 Å². The van der Waals surface area contributed by atoms with Crippen LogP contribution in [0.1, 0.15) is 10.4 Å². The lowest BCUT2D eigenvalue weighted by Crippen LogP contribution is -2.09. The van der Waals surface area contributed by atoms with Crippen molar-refractivity contribution in [1.82, 2.24) is 9.97 Å². The number of aromatic nitrogens is 2. The molecule has 0 aliphatic rings. The van der Waals surface area contributed by atoms with Crippen LogP contribution in [-0.2, 0) is 4.74 Å². The molecular formula is C18H20N2O3S2. The van der Waals surface area contributed by atoms with Crippen molar-refractivity contribution in [2.24, 2.45) is 0 Å². The van der Waals surface area contributed by atoms with Crippen LogP contribution in [-0.4, -0.2) is 36.5 Å². The van der Waals surface area contributed by atoms with Crippen molar-refractivity contribution in [2.45, 2.75) is 19.0 Å². The summed E-state index contributed by atoms with van der Waals surface area (Å²) in [5.74, 6) is 1.50. The molecular weight excluding hydrogens is 356 g/mol. The number of ether oxygens (including phenoxy) is 2. The van der Waals surface area contributed by atoms with Gasteiger partial charge in [-0.05, 0) is 26.0 Å². The molecule has 0 unspecified atom stereocenters. The molecule has 0 atom stereocenters. The minimum atomic E-state index is -0.118. The number of nitrogens with zero attached hydrogens (tertiary/aromatic N) is 1. The molecule has 0 radical (unpaired) electrons. The minimum absolute atomic E-state index is 0.118. The lowest BCUT2D eigenvalue weighted by atomic mass is 10.0. The van der Waals surface area contributed by atoms with Gasteiger partial charge in [-0.1, -0.05) is 23.4 Å². The number of aromatic amines is 1. The molecule has 1 N–H and O–H groups in total. The van der Waals surface area contributed by atoms with Crippen molar-refractivity contribution in [3.05, 3.63) is 39.0 Å².